The molecule has 0 saturated carbocycles. The second kappa shape index (κ2) is 5.29. The number of para-hydroxylation sites is 1. The van der Waals surface area contributed by atoms with Gasteiger partial charge in [0.2, 0.25) is 5.91 Å². The van der Waals surface area contributed by atoms with Crippen LogP contribution in [0.3, 0.4) is 0 Å². The number of thioether (sulfide) groups is 1. The van der Waals surface area contributed by atoms with Crippen molar-refractivity contribution >= 4 is 28.6 Å². The predicted molar refractivity (Wildman–Crippen MR) is 80.5 cm³/mol. The molecule has 1 aromatic carbocycles. The van der Waals surface area contributed by atoms with Crippen LogP contribution in [0.15, 0.2) is 30.5 Å². The second-order valence-corrected chi connectivity index (χ2v) is 6.18. The van der Waals surface area contributed by atoms with E-state index in [1.165, 1.54) is 10.9 Å². The minimum Gasteiger partial charge on any atom is -0.350 e. The van der Waals surface area contributed by atoms with E-state index in [2.05, 4.69) is 22.9 Å². The molecule has 1 amide bonds. The van der Waals surface area contributed by atoms with E-state index in [9.17, 15) is 4.79 Å². The van der Waals surface area contributed by atoms with Crippen molar-refractivity contribution in [2.24, 2.45) is 7.05 Å². The molecule has 0 spiro atoms. The van der Waals surface area contributed by atoms with E-state index in [1.807, 2.05) is 35.8 Å². The third kappa shape index (κ3) is 2.50. The maximum atomic E-state index is 12.3. The monoisotopic (exact) mass is 274 g/mol. The Morgan fingerprint density at radius 1 is 1.26 bits per heavy atom. The zero-order chi connectivity index (χ0) is 13.2. The molecule has 19 heavy (non-hydrogen) atoms. The van der Waals surface area contributed by atoms with E-state index in [-0.39, 0.29) is 5.91 Å². The Labute approximate surface area is 117 Å². The van der Waals surface area contributed by atoms with Crippen LogP contribution in [0.5, 0.6) is 0 Å². The number of nitrogens with zero attached hydrogens (tertiary/aromatic N) is 2. The van der Waals surface area contributed by atoms with Crippen molar-refractivity contribution in [2.75, 3.05) is 24.6 Å². The quantitative estimate of drug-likeness (QED) is 0.839. The van der Waals surface area contributed by atoms with E-state index in [0.717, 1.165) is 30.2 Å². The molecule has 1 aromatic heterocycles. The first-order valence-electron chi connectivity index (χ1n) is 6.64. The van der Waals surface area contributed by atoms with Gasteiger partial charge < -0.3 is 9.47 Å². The molecule has 1 saturated heterocycles. The zero-order valence-electron chi connectivity index (χ0n) is 11.1. The number of aryl methyl sites for hydroxylation is 1. The molecule has 1 fully saturated rings. The van der Waals surface area contributed by atoms with Gasteiger partial charge in [0.05, 0.1) is 6.42 Å². The minimum absolute atomic E-state index is 0.261. The van der Waals surface area contributed by atoms with Crippen molar-refractivity contribution < 1.29 is 4.79 Å². The van der Waals surface area contributed by atoms with Crippen LogP contribution in [-0.2, 0) is 18.3 Å². The third-order valence-electron chi connectivity index (χ3n) is 3.68. The van der Waals surface area contributed by atoms with Crippen molar-refractivity contribution in [2.45, 2.75) is 6.42 Å². The average molecular weight is 274 g/mol. The van der Waals surface area contributed by atoms with Gasteiger partial charge in [-0.3, -0.25) is 4.79 Å². The van der Waals surface area contributed by atoms with Crippen LogP contribution in [0.4, 0.5) is 0 Å². The molecule has 0 unspecified atom stereocenters. The molecule has 0 atom stereocenters. The molecule has 3 rings (SSSR count). The Hall–Kier alpha value is -1.42. The molecule has 100 valence electrons. The fourth-order valence-corrected chi connectivity index (χ4v) is 3.56. The summed E-state index contributed by atoms with van der Waals surface area (Å²) in [6.07, 6.45) is 2.60. The summed E-state index contributed by atoms with van der Waals surface area (Å²) in [5, 5.41) is 1.20. The van der Waals surface area contributed by atoms with Crippen LogP contribution in [-0.4, -0.2) is 40.0 Å². The molecular formula is C15H18N2OS. The molecule has 4 heteroatoms. The fourth-order valence-electron chi connectivity index (χ4n) is 2.65. The van der Waals surface area contributed by atoms with Crippen molar-refractivity contribution in [1.29, 1.82) is 0 Å². The number of aromatic nitrogens is 1. The van der Waals surface area contributed by atoms with Crippen molar-refractivity contribution in [3.05, 3.63) is 36.0 Å². The van der Waals surface area contributed by atoms with Crippen LogP contribution in [0.1, 0.15) is 5.56 Å². The Bertz CT molecular complexity index is 599. The molecule has 0 bridgehead atoms. The van der Waals surface area contributed by atoms with E-state index in [1.54, 1.807) is 0 Å². The number of amides is 1. The molecule has 0 aliphatic carbocycles. The first-order chi connectivity index (χ1) is 9.25. The number of carbonyl (C=O) groups is 1. The first kappa shape index (κ1) is 12.6. The lowest BCUT2D eigenvalue weighted by atomic mass is 10.1. The molecular weight excluding hydrogens is 256 g/mol. The summed E-state index contributed by atoms with van der Waals surface area (Å²) < 4.78 is 2.10. The minimum atomic E-state index is 0.261. The molecule has 1 aliphatic heterocycles. The Morgan fingerprint density at radius 3 is 2.79 bits per heavy atom. The Morgan fingerprint density at radius 2 is 2.00 bits per heavy atom. The van der Waals surface area contributed by atoms with Crippen molar-refractivity contribution in [1.82, 2.24) is 9.47 Å². The molecule has 3 nitrogen and oxygen atoms in total. The van der Waals surface area contributed by atoms with E-state index in [0.29, 0.717) is 6.42 Å². The average Bonchev–Trinajstić information content (AvgIpc) is 2.77. The van der Waals surface area contributed by atoms with Gasteiger partial charge in [-0.15, -0.1) is 0 Å². The molecule has 0 N–H and O–H groups in total. The predicted octanol–water partition coefficient (Wildman–Crippen LogP) is 2.30. The topological polar surface area (TPSA) is 25.2 Å². The summed E-state index contributed by atoms with van der Waals surface area (Å²) in [5.74, 6) is 2.40. The van der Waals surface area contributed by atoms with E-state index in [4.69, 9.17) is 0 Å². The summed E-state index contributed by atoms with van der Waals surface area (Å²) in [5.41, 5.74) is 2.33. The van der Waals surface area contributed by atoms with Gasteiger partial charge in [0.15, 0.2) is 0 Å². The highest BCUT2D eigenvalue weighted by Gasteiger charge is 2.18. The highest BCUT2D eigenvalue weighted by molar-refractivity contribution is 7.99. The van der Waals surface area contributed by atoms with Gasteiger partial charge in [0, 0.05) is 48.7 Å². The Kier molecular flexibility index (Phi) is 3.51. The second-order valence-electron chi connectivity index (χ2n) is 4.95. The van der Waals surface area contributed by atoms with Gasteiger partial charge in [-0.1, -0.05) is 18.2 Å². The summed E-state index contributed by atoms with van der Waals surface area (Å²) in [6, 6.07) is 8.27. The van der Waals surface area contributed by atoms with Crippen LogP contribution in [0.2, 0.25) is 0 Å². The summed E-state index contributed by atoms with van der Waals surface area (Å²) in [4.78, 5) is 14.3. The summed E-state index contributed by atoms with van der Waals surface area (Å²) >= 11 is 1.93. The molecule has 2 heterocycles. The zero-order valence-corrected chi connectivity index (χ0v) is 11.9. The molecule has 1 aliphatic rings. The van der Waals surface area contributed by atoms with E-state index >= 15 is 0 Å². The van der Waals surface area contributed by atoms with Crippen LogP contribution in [0, 0.1) is 0 Å². The normalized spacial score (nSPS) is 15.9. The maximum Gasteiger partial charge on any atom is 0.227 e. The van der Waals surface area contributed by atoms with Crippen LogP contribution < -0.4 is 0 Å². The smallest absolute Gasteiger partial charge is 0.227 e. The van der Waals surface area contributed by atoms with Crippen LogP contribution in [0.25, 0.3) is 10.9 Å². The number of hydrogen-bond acceptors (Lipinski definition) is 2. The van der Waals surface area contributed by atoms with Gasteiger partial charge in [-0.2, -0.15) is 11.8 Å². The molecule has 2 aromatic rings. The van der Waals surface area contributed by atoms with Gasteiger partial charge >= 0.3 is 0 Å². The lowest BCUT2D eigenvalue weighted by Gasteiger charge is -2.26. The number of fused-ring (bicyclic) bond motifs is 1. The summed E-state index contributed by atoms with van der Waals surface area (Å²) in [6.45, 7) is 1.79. The lowest BCUT2D eigenvalue weighted by molar-refractivity contribution is -0.130. The van der Waals surface area contributed by atoms with Gasteiger partial charge in [0.25, 0.3) is 0 Å². The largest absolute Gasteiger partial charge is 0.350 e. The highest BCUT2D eigenvalue weighted by atomic mass is 32.2. The first-order valence-corrected chi connectivity index (χ1v) is 7.79. The number of carbonyl (C=O) groups excluding carboxylic acids is 1. The number of rotatable bonds is 2. The third-order valence-corrected chi connectivity index (χ3v) is 4.63. The van der Waals surface area contributed by atoms with Crippen molar-refractivity contribution in [3.63, 3.8) is 0 Å². The summed E-state index contributed by atoms with van der Waals surface area (Å²) in [7, 11) is 2.04. The van der Waals surface area contributed by atoms with Gasteiger partial charge in [-0.25, -0.2) is 0 Å². The van der Waals surface area contributed by atoms with Gasteiger partial charge in [0.1, 0.15) is 0 Å². The number of hydrogen-bond donors (Lipinski definition) is 0. The van der Waals surface area contributed by atoms with E-state index < -0.39 is 0 Å². The maximum absolute atomic E-state index is 12.3. The SMILES string of the molecule is Cn1cc(CC(=O)N2CCSCC2)c2ccccc21. The standard InChI is InChI=1S/C15H18N2OS/c1-16-11-12(13-4-2-3-5-14(13)16)10-15(18)17-6-8-19-9-7-17/h2-5,11H,6-10H2,1H3. The lowest BCUT2D eigenvalue weighted by Crippen LogP contribution is -2.38. The Balaban J connectivity index is 1.83. The fraction of sp³-hybridized carbons (Fsp3) is 0.400. The number of benzene rings is 1. The molecule has 0 radical (unpaired) electrons. The van der Waals surface area contributed by atoms with Crippen LogP contribution >= 0.6 is 11.8 Å². The highest BCUT2D eigenvalue weighted by Crippen LogP contribution is 2.21. The van der Waals surface area contributed by atoms with Gasteiger partial charge in [-0.05, 0) is 11.6 Å². The van der Waals surface area contributed by atoms with Crippen molar-refractivity contribution in [3.8, 4) is 0 Å².